The summed E-state index contributed by atoms with van der Waals surface area (Å²) in [6, 6.07) is 5.05. The van der Waals surface area contributed by atoms with E-state index < -0.39 is 6.10 Å². The summed E-state index contributed by atoms with van der Waals surface area (Å²) < 4.78 is 10.8. The Morgan fingerprint density at radius 2 is 2.09 bits per heavy atom. The molecule has 2 aromatic rings. The summed E-state index contributed by atoms with van der Waals surface area (Å²) in [6.07, 6.45) is -0.698. The van der Waals surface area contributed by atoms with Gasteiger partial charge in [-0.3, -0.25) is 4.79 Å². The molecule has 0 aliphatic carbocycles. The van der Waals surface area contributed by atoms with Gasteiger partial charge in [0.25, 0.3) is 5.91 Å². The molecule has 0 bridgehead atoms. The van der Waals surface area contributed by atoms with Gasteiger partial charge in [0.05, 0.1) is 17.3 Å². The minimum absolute atomic E-state index is 0.180. The molecule has 124 valence electrons. The smallest absolute Gasteiger partial charge is 0.263 e. The van der Waals surface area contributed by atoms with Crippen LogP contribution in [0.5, 0.6) is 5.75 Å². The predicted molar refractivity (Wildman–Crippen MR) is 89.0 cm³/mol. The van der Waals surface area contributed by atoms with E-state index in [4.69, 9.17) is 32.5 Å². The summed E-state index contributed by atoms with van der Waals surface area (Å²) in [5.74, 6) is 0.903. The van der Waals surface area contributed by atoms with Crippen molar-refractivity contribution in [1.29, 1.82) is 0 Å². The van der Waals surface area contributed by atoms with Crippen LogP contribution in [-0.2, 0) is 11.3 Å². The van der Waals surface area contributed by atoms with E-state index in [9.17, 15) is 4.79 Å². The number of halogens is 2. The number of aromatic nitrogens is 1. The number of aryl methyl sites for hydroxylation is 2. The van der Waals surface area contributed by atoms with E-state index in [0.29, 0.717) is 28.1 Å². The number of likely N-dealkylation sites (N-methyl/N-ethyl adjacent to an activating group) is 1. The minimum atomic E-state index is -0.698. The van der Waals surface area contributed by atoms with Crippen molar-refractivity contribution in [3.8, 4) is 5.75 Å². The molecule has 23 heavy (non-hydrogen) atoms. The number of carbonyl (C=O) groups is 1. The number of hydrogen-bond acceptors (Lipinski definition) is 4. The van der Waals surface area contributed by atoms with Crippen molar-refractivity contribution in [2.24, 2.45) is 0 Å². The van der Waals surface area contributed by atoms with Crippen LogP contribution in [0.2, 0.25) is 10.0 Å². The predicted octanol–water partition coefficient (Wildman–Crippen LogP) is 4.02. The van der Waals surface area contributed by atoms with E-state index in [2.05, 4.69) is 5.16 Å². The fraction of sp³-hybridized carbons (Fsp3) is 0.375. The van der Waals surface area contributed by atoms with E-state index in [0.717, 1.165) is 11.3 Å². The van der Waals surface area contributed by atoms with Gasteiger partial charge in [0, 0.05) is 12.6 Å². The normalized spacial score (nSPS) is 12.1. The highest BCUT2D eigenvalue weighted by Crippen LogP contribution is 2.32. The molecule has 1 heterocycles. The van der Waals surface area contributed by atoms with Gasteiger partial charge in [-0.15, -0.1) is 0 Å². The van der Waals surface area contributed by atoms with Gasteiger partial charge in [-0.05, 0) is 32.9 Å². The Bertz CT molecular complexity index is 696. The lowest BCUT2D eigenvalue weighted by Crippen LogP contribution is -2.37. The molecule has 2 rings (SSSR count). The lowest BCUT2D eigenvalue weighted by Gasteiger charge is -2.22. The quantitative estimate of drug-likeness (QED) is 0.811. The van der Waals surface area contributed by atoms with Crippen molar-refractivity contribution in [2.75, 3.05) is 7.05 Å². The number of amides is 1. The second kappa shape index (κ2) is 7.23. The van der Waals surface area contributed by atoms with Crippen molar-refractivity contribution in [3.05, 3.63) is 45.3 Å². The van der Waals surface area contributed by atoms with Crippen molar-refractivity contribution >= 4 is 29.1 Å². The molecule has 0 N–H and O–H groups in total. The van der Waals surface area contributed by atoms with Gasteiger partial charge < -0.3 is 14.2 Å². The third-order valence-corrected chi connectivity index (χ3v) is 4.32. The third-order valence-electron chi connectivity index (χ3n) is 3.52. The summed E-state index contributed by atoms with van der Waals surface area (Å²) in [7, 11) is 1.70. The number of benzene rings is 1. The first kappa shape index (κ1) is 17.6. The molecule has 0 spiro atoms. The summed E-state index contributed by atoms with van der Waals surface area (Å²) in [5.41, 5.74) is 1.67. The fourth-order valence-corrected chi connectivity index (χ4v) is 2.51. The van der Waals surface area contributed by atoms with Gasteiger partial charge in [-0.25, -0.2) is 0 Å². The van der Waals surface area contributed by atoms with Gasteiger partial charge in [-0.1, -0.05) is 34.4 Å². The first-order valence-corrected chi connectivity index (χ1v) is 7.84. The van der Waals surface area contributed by atoms with Gasteiger partial charge in [-0.2, -0.15) is 0 Å². The molecular formula is C16H18Cl2N2O3. The SMILES string of the molecule is Cc1noc(C)c1CN(C)C(=O)[C@H](C)Oc1cccc(Cl)c1Cl. The first-order chi connectivity index (χ1) is 10.8. The van der Waals surface area contributed by atoms with Crippen LogP contribution in [-0.4, -0.2) is 29.1 Å². The molecule has 1 amide bonds. The second-order valence-electron chi connectivity index (χ2n) is 5.31. The van der Waals surface area contributed by atoms with E-state index in [-0.39, 0.29) is 5.91 Å². The molecule has 1 aromatic heterocycles. The van der Waals surface area contributed by atoms with Crippen LogP contribution in [0.25, 0.3) is 0 Å². The molecule has 5 nitrogen and oxygen atoms in total. The minimum Gasteiger partial charge on any atom is -0.479 e. The van der Waals surface area contributed by atoms with Crippen molar-refractivity contribution in [2.45, 2.75) is 33.4 Å². The number of carbonyl (C=O) groups excluding carboxylic acids is 1. The average Bonchev–Trinajstić information content (AvgIpc) is 2.82. The maximum atomic E-state index is 12.5. The van der Waals surface area contributed by atoms with Crippen molar-refractivity contribution in [3.63, 3.8) is 0 Å². The van der Waals surface area contributed by atoms with Crippen LogP contribution in [0.1, 0.15) is 23.9 Å². The Hall–Kier alpha value is -1.72. The van der Waals surface area contributed by atoms with Gasteiger partial charge in [0.15, 0.2) is 6.10 Å². The summed E-state index contributed by atoms with van der Waals surface area (Å²) >= 11 is 12.0. The van der Waals surface area contributed by atoms with Crippen LogP contribution in [0.3, 0.4) is 0 Å². The maximum absolute atomic E-state index is 12.5. The molecule has 1 atom stereocenters. The Morgan fingerprint density at radius 1 is 1.39 bits per heavy atom. The molecule has 1 aromatic carbocycles. The van der Waals surface area contributed by atoms with Crippen LogP contribution in [0, 0.1) is 13.8 Å². The van der Waals surface area contributed by atoms with Crippen molar-refractivity contribution in [1.82, 2.24) is 10.1 Å². The summed E-state index contributed by atoms with van der Waals surface area (Å²) in [4.78, 5) is 14.0. The van der Waals surface area contributed by atoms with E-state index in [1.165, 1.54) is 0 Å². The van der Waals surface area contributed by atoms with Crippen LogP contribution in [0.15, 0.2) is 22.7 Å². The van der Waals surface area contributed by atoms with E-state index in [1.54, 1.807) is 37.1 Å². The van der Waals surface area contributed by atoms with Gasteiger partial charge in [0.1, 0.15) is 16.5 Å². The summed E-state index contributed by atoms with van der Waals surface area (Å²) in [5, 5.41) is 4.56. The van der Waals surface area contributed by atoms with Crippen LogP contribution < -0.4 is 4.74 Å². The topological polar surface area (TPSA) is 55.6 Å². The molecule has 0 radical (unpaired) electrons. The zero-order valence-electron chi connectivity index (χ0n) is 13.4. The molecule has 0 aliphatic rings. The highest BCUT2D eigenvalue weighted by Gasteiger charge is 2.22. The monoisotopic (exact) mass is 356 g/mol. The lowest BCUT2D eigenvalue weighted by molar-refractivity contribution is -0.137. The molecule has 7 heteroatoms. The molecular weight excluding hydrogens is 339 g/mol. The first-order valence-electron chi connectivity index (χ1n) is 7.08. The molecule has 0 unspecified atom stereocenters. The average molecular weight is 357 g/mol. The van der Waals surface area contributed by atoms with E-state index in [1.807, 2.05) is 13.8 Å². The van der Waals surface area contributed by atoms with Crippen molar-refractivity contribution < 1.29 is 14.1 Å². The second-order valence-corrected chi connectivity index (χ2v) is 6.09. The number of rotatable bonds is 5. The number of hydrogen-bond donors (Lipinski definition) is 0. The third kappa shape index (κ3) is 3.98. The Kier molecular flexibility index (Phi) is 5.55. The highest BCUT2D eigenvalue weighted by atomic mass is 35.5. The molecule has 0 saturated heterocycles. The fourth-order valence-electron chi connectivity index (χ4n) is 2.17. The van der Waals surface area contributed by atoms with Crippen LogP contribution >= 0.6 is 23.2 Å². The van der Waals surface area contributed by atoms with E-state index >= 15 is 0 Å². The highest BCUT2D eigenvalue weighted by molar-refractivity contribution is 6.42. The number of ether oxygens (including phenoxy) is 1. The largest absolute Gasteiger partial charge is 0.479 e. The lowest BCUT2D eigenvalue weighted by atomic mass is 10.2. The Morgan fingerprint density at radius 3 is 2.70 bits per heavy atom. The van der Waals surface area contributed by atoms with Gasteiger partial charge in [0.2, 0.25) is 0 Å². The zero-order chi connectivity index (χ0) is 17.1. The van der Waals surface area contributed by atoms with Gasteiger partial charge >= 0.3 is 0 Å². The summed E-state index contributed by atoms with van der Waals surface area (Å²) in [6.45, 7) is 5.73. The zero-order valence-corrected chi connectivity index (χ0v) is 14.9. The Balaban J connectivity index is 2.05. The standard InChI is InChI=1S/C16H18Cl2N2O3/c1-9-12(10(2)23-19-9)8-20(4)16(21)11(3)22-14-7-5-6-13(17)15(14)18/h5-7,11H,8H2,1-4H3/t11-/m0/s1. The molecule has 0 saturated carbocycles. The molecule has 0 aliphatic heterocycles. The van der Waals surface area contributed by atoms with Crippen LogP contribution in [0.4, 0.5) is 0 Å². The molecule has 0 fully saturated rings. The maximum Gasteiger partial charge on any atom is 0.263 e. The number of nitrogens with zero attached hydrogens (tertiary/aromatic N) is 2. The Labute approximate surface area is 145 Å².